The van der Waals surface area contributed by atoms with Gasteiger partial charge in [-0.25, -0.2) is 0 Å². The largest absolute Gasteiger partial charge is 0.509 e. The van der Waals surface area contributed by atoms with E-state index in [9.17, 15) is 20.1 Å². The van der Waals surface area contributed by atoms with Crippen LogP contribution in [0.5, 0.6) is 0 Å². The molecule has 1 saturated carbocycles. The summed E-state index contributed by atoms with van der Waals surface area (Å²) < 4.78 is 6.40. The molecular formula is C19H30O5. The van der Waals surface area contributed by atoms with Crippen molar-refractivity contribution in [1.29, 1.82) is 0 Å². The molecule has 24 heavy (non-hydrogen) atoms. The van der Waals surface area contributed by atoms with Crippen molar-refractivity contribution in [3.63, 3.8) is 0 Å². The smallest absolute Gasteiger partial charge is 0.306 e. The molecule has 0 bridgehead atoms. The summed E-state index contributed by atoms with van der Waals surface area (Å²) in [5.41, 5.74) is -2.15. The molecule has 5 nitrogen and oxygen atoms in total. The van der Waals surface area contributed by atoms with Crippen LogP contribution in [0.2, 0.25) is 0 Å². The van der Waals surface area contributed by atoms with Gasteiger partial charge >= 0.3 is 5.97 Å². The Labute approximate surface area is 143 Å². The maximum Gasteiger partial charge on any atom is 0.306 e. The highest BCUT2D eigenvalue weighted by Crippen LogP contribution is 2.66. The maximum atomic E-state index is 11.2. The molecule has 5 atom stereocenters. The van der Waals surface area contributed by atoms with Crippen LogP contribution in [0.4, 0.5) is 0 Å². The minimum atomic E-state index is -0.890. The van der Waals surface area contributed by atoms with Crippen LogP contribution in [0.25, 0.3) is 0 Å². The lowest BCUT2D eigenvalue weighted by atomic mass is 9.47. The third kappa shape index (κ3) is 2.31. The predicted molar refractivity (Wildman–Crippen MR) is 89.7 cm³/mol. The molecule has 0 unspecified atom stereocenters. The van der Waals surface area contributed by atoms with E-state index in [0.717, 1.165) is 19.3 Å². The van der Waals surface area contributed by atoms with Gasteiger partial charge in [0.15, 0.2) is 0 Å². The Kier molecular flexibility index (Phi) is 3.85. The number of rotatable bonds is 2. The van der Waals surface area contributed by atoms with Crippen LogP contribution in [0.15, 0.2) is 11.8 Å². The molecule has 1 aliphatic heterocycles. The number of fused-ring (bicyclic) bond motifs is 2. The Bertz CT molecular complexity index is 582. The summed E-state index contributed by atoms with van der Waals surface area (Å²) >= 11 is 0. The van der Waals surface area contributed by atoms with Gasteiger partial charge in [0, 0.05) is 11.3 Å². The lowest BCUT2D eigenvalue weighted by Crippen LogP contribution is -2.63. The molecule has 0 aromatic carbocycles. The number of hydrogen-bond acceptors (Lipinski definition) is 4. The SMILES string of the molecule is CC1(C)CCC[C@@]2(C)[C@@H]1[C@@H](O)C=C(O)[C@]21CC[C@@](C)(CC(=O)O)O1. The van der Waals surface area contributed by atoms with Crippen molar-refractivity contribution < 1.29 is 24.9 Å². The average Bonchev–Trinajstić information content (AvgIpc) is 2.74. The molecule has 3 rings (SSSR count). The van der Waals surface area contributed by atoms with Crippen LogP contribution >= 0.6 is 0 Å². The van der Waals surface area contributed by atoms with E-state index in [4.69, 9.17) is 4.74 Å². The molecular weight excluding hydrogens is 308 g/mol. The Morgan fingerprint density at radius 3 is 2.50 bits per heavy atom. The molecule has 2 aliphatic carbocycles. The second-order valence-electron chi connectivity index (χ2n) is 9.23. The summed E-state index contributed by atoms with van der Waals surface area (Å²) in [4.78, 5) is 11.2. The summed E-state index contributed by atoms with van der Waals surface area (Å²) in [6, 6.07) is 0. The second kappa shape index (κ2) is 5.21. The van der Waals surface area contributed by atoms with Crippen molar-refractivity contribution in [3.8, 4) is 0 Å². The van der Waals surface area contributed by atoms with E-state index in [1.54, 1.807) is 0 Å². The van der Waals surface area contributed by atoms with Crippen LogP contribution in [0.3, 0.4) is 0 Å². The molecule has 1 heterocycles. The Hall–Kier alpha value is -1.07. The van der Waals surface area contributed by atoms with E-state index >= 15 is 0 Å². The van der Waals surface area contributed by atoms with E-state index in [1.165, 1.54) is 6.08 Å². The maximum absolute atomic E-state index is 11.2. The van der Waals surface area contributed by atoms with E-state index in [-0.39, 0.29) is 23.5 Å². The molecule has 1 saturated heterocycles. The van der Waals surface area contributed by atoms with Gasteiger partial charge in [-0.1, -0.05) is 27.2 Å². The number of aliphatic hydroxyl groups is 2. The zero-order chi connectivity index (χ0) is 18.0. The molecule has 2 fully saturated rings. The minimum absolute atomic E-state index is 0.0261. The fraction of sp³-hybridized carbons (Fsp3) is 0.842. The van der Waals surface area contributed by atoms with Gasteiger partial charge < -0.3 is 20.1 Å². The van der Waals surface area contributed by atoms with Gasteiger partial charge in [-0.05, 0) is 44.1 Å². The second-order valence-corrected chi connectivity index (χ2v) is 9.23. The molecule has 3 N–H and O–H groups in total. The predicted octanol–water partition coefficient (Wildman–Crippen LogP) is 3.42. The van der Waals surface area contributed by atoms with Crippen LogP contribution in [-0.4, -0.2) is 38.6 Å². The number of carbonyl (C=O) groups is 1. The monoisotopic (exact) mass is 338 g/mol. The fourth-order valence-corrected chi connectivity index (χ4v) is 6.05. The number of aliphatic carboxylic acids is 1. The molecule has 0 amide bonds. The number of carboxylic acid groups (broad SMARTS) is 1. The number of carboxylic acids is 1. The first kappa shape index (κ1) is 17.7. The van der Waals surface area contributed by atoms with Crippen LogP contribution in [0.1, 0.15) is 66.2 Å². The molecule has 5 heteroatoms. The fourth-order valence-electron chi connectivity index (χ4n) is 6.05. The Balaban J connectivity index is 2.07. The Morgan fingerprint density at radius 2 is 1.88 bits per heavy atom. The third-order valence-corrected chi connectivity index (χ3v) is 7.00. The zero-order valence-electron chi connectivity index (χ0n) is 15.1. The van der Waals surface area contributed by atoms with Gasteiger partial charge in [-0.3, -0.25) is 4.79 Å². The molecule has 0 aromatic heterocycles. The van der Waals surface area contributed by atoms with Gasteiger partial charge in [0.1, 0.15) is 11.4 Å². The van der Waals surface area contributed by atoms with Crippen LogP contribution in [-0.2, 0) is 9.53 Å². The summed E-state index contributed by atoms with van der Waals surface area (Å²) in [5, 5.41) is 30.7. The highest BCUT2D eigenvalue weighted by Gasteiger charge is 2.68. The first-order chi connectivity index (χ1) is 11.0. The van der Waals surface area contributed by atoms with E-state index in [1.807, 2.05) is 6.92 Å². The van der Waals surface area contributed by atoms with Crippen molar-refractivity contribution in [3.05, 3.63) is 11.8 Å². The standard InChI is InChI=1S/C19H30O5/c1-16(2)6-5-7-18(4)15(16)12(20)10-13(21)19(18)9-8-17(3,24-19)11-14(22)23/h10,12,15,20-21H,5-9,11H2,1-4H3,(H,22,23)/t12-,15+,17-,18-,19+/m0/s1. The third-order valence-electron chi connectivity index (χ3n) is 7.00. The van der Waals surface area contributed by atoms with Crippen molar-refractivity contribution in [1.82, 2.24) is 0 Å². The first-order valence-corrected chi connectivity index (χ1v) is 8.97. The van der Waals surface area contributed by atoms with Gasteiger partial charge in [-0.2, -0.15) is 0 Å². The Morgan fingerprint density at radius 1 is 1.21 bits per heavy atom. The zero-order valence-corrected chi connectivity index (χ0v) is 15.1. The molecule has 3 aliphatic rings. The molecule has 1 spiro atoms. The highest BCUT2D eigenvalue weighted by molar-refractivity contribution is 5.68. The number of ether oxygens (including phenoxy) is 1. The molecule has 0 aromatic rings. The summed E-state index contributed by atoms with van der Waals surface area (Å²) in [5.74, 6) is -0.832. The summed E-state index contributed by atoms with van der Waals surface area (Å²) in [7, 11) is 0. The van der Waals surface area contributed by atoms with Crippen molar-refractivity contribution in [2.75, 3.05) is 0 Å². The molecule has 136 valence electrons. The van der Waals surface area contributed by atoms with Gasteiger partial charge in [0.05, 0.1) is 18.1 Å². The lowest BCUT2D eigenvalue weighted by Gasteiger charge is -2.61. The lowest BCUT2D eigenvalue weighted by molar-refractivity contribution is -0.221. The number of aliphatic hydroxyl groups excluding tert-OH is 2. The van der Waals surface area contributed by atoms with Crippen molar-refractivity contribution in [2.45, 2.75) is 83.5 Å². The van der Waals surface area contributed by atoms with Crippen LogP contribution in [0, 0.1) is 16.7 Å². The van der Waals surface area contributed by atoms with E-state index in [2.05, 4.69) is 20.8 Å². The van der Waals surface area contributed by atoms with Gasteiger partial charge in [-0.15, -0.1) is 0 Å². The van der Waals surface area contributed by atoms with Crippen LogP contribution < -0.4 is 0 Å². The normalized spacial score (nSPS) is 47.3. The minimum Gasteiger partial charge on any atom is -0.509 e. The number of hydrogen-bond donors (Lipinski definition) is 3. The average molecular weight is 338 g/mol. The summed E-state index contributed by atoms with van der Waals surface area (Å²) in [6.07, 6.45) is 4.85. The van der Waals surface area contributed by atoms with Crippen molar-refractivity contribution >= 4 is 5.97 Å². The molecule has 0 radical (unpaired) electrons. The van der Waals surface area contributed by atoms with Gasteiger partial charge in [0.25, 0.3) is 0 Å². The highest BCUT2D eigenvalue weighted by atomic mass is 16.5. The topological polar surface area (TPSA) is 87.0 Å². The van der Waals surface area contributed by atoms with Gasteiger partial charge in [0.2, 0.25) is 0 Å². The summed E-state index contributed by atoms with van der Waals surface area (Å²) in [6.45, 7) is 8.28. The van der Waals surface area contributed by atoms with E-state index < -0.39 is 28.7 Å². The first-order valence-electron chi connectivity index (χ1n) is 8.97. The van der Waals surface area contributed by atoms with E-state index in [0.29, 0.717) is 12.8 Å². The van der Waals surface area contributed by atoms with Crippen molar-refractivity contribution in [2.24, 2.45) is 16.7 Å². The quantitative estimate of drug-likeness (QED) is 0.718.